The summed E-state index contributed by atoms with van der Waals surface area (Å²) in [7, 11) is -0.145. The maximum absolute atomic E-state index is 14.2. The summed E-state index contributed by atoms with van der Waals surface area (Å²) in [5, 5.41) is 0. The van der Waals surface area contributed by atoms with Crippen LogP contribution in [-0.4, -0.2) is 26.0 Å². The fourth-order valence-electron chi connectivity index (χ4n) is 4.27. The maximum atomic E-state index is 14.2. The summed E-state index contributed by atoms with van der Waals surface area (Å²) in [6.45, 7) is 6.13. The number of benzene rings is 2. The van der Waals surface area contributed by atoms with E-state index in [1.165, 1.54) is 0 Å². The minimum absolute atomic E-state index is 0.0118. The van der Waals surface area contributed by atoms with Gasteiger partial charge in [0.25, 0.3) is 6.08 Å². The number of hydrogen-bond acceptors (Lipinski definition) is 1. The van der Waals surface area contributed by atoms with E-state index in [1.807, 2.05) is 62.7 Å². The van der Waals surface area contributed by atoms with Crippen molar-refractivity contribution in [3.05, 3.63) is 89.0 Å². The Hall–Kier alpha value is -2.66. The van der Waals surface area contributed by atoms with Crippen LogP contribution in [0.25, 0.3) is 16.7 Å². The minimum atomic E-state index is -2.04. The SMILES string of the molecule is CN([Si](=O)CC1C=CC2=C1c1ccccc1C(=C(F)F)c1ccccc12)C(C)(C)C. The molecule has 0 N–H and O–H groups in total. The molecule has 0 amide bonds. The zero-order valence-electron chi connectivity index (χ0n) is 17.7. The average Bonchev–Trinajstić information content (AvgIpc) is 3.05. The number of fused-ring (bicyclic) bond motifs is 4. The molecule has 0 saturated carbocycles. The number of nitrogens with zero attached hydrogens (tertiary/aromatic N) is 1. The Morgan fingerprint density at radius 2 is 1.50 bits per heavy atom. The Bertz CT molecular complexity index is 1120. The van der Waals surface area contributed by atoms with Crippen LogP contribution in [0.15, 0.2) is 66.8 Å². The number of halogens is 2. The van der Waals surface area contributed by atoms with E-state index in [1.54, 1.807) is 24.3 Å². The molecular formula is C25H25F2NOSi. The third-order valence-electron chi connectivity index (χ3n) is 6.09. The van der Waals surface area contributed by atoms with Crippen LogP contribution in [0.3, 0.4) is 0 Å². The lowest BCUT2D eigenvalue weighted by atomic mass is 9.89. The Kier molecular flexibility index (Phi) is 5.18. The van der Waals surface area contributed by atoms with Gasteiger partial charge >= 0.3 is 8.84 Å². The Balaban J connectivity index is 1.89. The predicted molar refractivity (Wildman–Crippen MR) is 119 cm³/mol. The van der Waals surface area contributed by atoms with Gasteiger partial charge in [0, 0.05) is 24.5 Å². The first-order chi connectivity index (χ1) is 14.2. The Morgan fingerprint density at radius 1 is 0.967 bits per heavy atom. The molecule has 0 bridgehead atoms. The normalized spacial score (nSPS) is 17.3. The van der Waals surface area contributed by atoms with E-state index in [4.69, 9.17) is 0 Å². The van der Waals surface area contributed by atoms with E-state index in [-0.39, 0.29) is 17.0 Å². The maximum Gasteiger partial charge on any atom is 0.395 e. The highest BCUT2D eigenvalue weighted by atomic mass is 28.3. The molecule has 4 rings (SSSR count). The number of rotatable bonds is 3. The molecule has 2 aromatic rings. The Labute approximate surface area is 178 Å². The molecule has 2 aliphatic rings. The van der Waals surface area contributed by atoms with Crippen molar-refractivity contribution in [1.29, 1.82) is 0 Å². The third kappa shape index (κ3) is 3.41. The van der Waals surface area contributed by atoms with Crippen molar-refractivity contribution < 1.29 is 13.2 Å². The first-order valence-corrected chi connectivity index (χ1v) is 11.7. The van der Waals surface area contributed by atoms with Crippen molar-refractivity contribution in [1.82, 2.24) is 4.57 Å². The second kappa shape index (κ2) is 7.55. The lowest BCUT2D eigenvalue weighted by molar-refractivity contribution is 0.273. The van der Waals surface area contributed by atoms with Crippen molar-refractivity contribution in [3.8, 4) is 0 Å². The van der Waals surface area contributed by atoms with Crippen LogP contribution >= 0.6 is 0 Å². The van der Waals surface area contributed by atoms with E-state index >= 15 is 0 Å². The van der Waals surface area contributed by atoms with Crippen molar-refractivity contribution in [2.45, 2.75) is 32.4 Å². The van der Waals surface area contributed by atoms with Gasteiger partial charge < -0.3 is 9.03 Å². The molecule has 1 unspecified atom stereocenters. The third-order valence-corrected chi connectivity index (χ3v) is 8.30. The first kappa shape index (κ1) is 20.6. The van der Waals surface area contributed by atoms with Crippen LogP contribution in [0.1, 0.15) is 43.0 Å². The smallest absolute Gasteiger partial charge is 0.375 e. The van der Waals surface area contributed by atoms with Gasteiger partial charge in [0.05, 0.1) is 5.57 Å². The molecule has 154 valence electrons. The molecule has 0 aromatic heterocycles. The van der Waals surface area contributed by atoms with Gasteiger partial charge in [-0.05, 0) is 54.2 Å². The molecule has 2 aromatic carbocycles. The van der Waals surface area contributed by atoms with Gasteiger partial charge in [-0.3, -0.25) is 0 Å². The molecule has 0 radical (unpaired) electrons. The highest BCUT2D eigenvalue weighted by Gasteiger charge is 2.34. The van der Waals surface area contributed by atoms with E-state index in [9.17, 15) is 13.2 Å². The molecule has 0 spiro atoms. The predicted octanol–water partition coefficient (Wildman–Crippen LogP) is 6.40. The molecular weight excluding hydrogens is 396 g/mol. The molecule has 2 aliphatic carbocycles. The molecule has 0 fully saturated rings. The molecule has 30 heavy (non-hydrogen) atoms. The molecule has 0 heterocycles. The van der Waals surface area contributed by atoms with Crippen LogP contribution in [0.4, 0.5) is 8.78 Å². The van der Waals surface area contributed by atoms with Gasteiger partial charge in [0.2, 0.25) is 0 Å². The molecule has 1 atom stereocenters. The lowest BCUT2D eigenvalue weighted by Crippen LogP contribution is -2.44. The standard InChI is InChI=1S/C25H25F2NOSi/c1-25(2,3)28(4)30(29)15-16-13-14-21-17-9-5-6-10-18(17)23(24(26)27)20-12-8-7-11-19(20)22(16)21/h5-14,16H,15H2,1-4H3. The quantitative estimate of drug-likeness (QED) is 0.534. The van der Waals surface area contributed by atoms with Gasteiger partial charge in [0.1, 0.15) is 0 Å². The van der Waals surface area contributed by atoms with Gasteiger partial charge in [-0.15, -0.1) is 0 Å². The van der Waals surface area contributed by atoms with E-state index in [2.05, 4.69) is 6.08 Å². The highest BCUT2D eigenvalue weighted by molar-refractivity contribution is 6.40. The fourth-order valence-corrected chi connectivity index (χ4v) is 6.01. The fraction of sp³-hybridized carbons (Fsp3) is 0.280. The second-order valence-electron chi connectivity index (χ2n) is 8.85. The average molecular weight is 422 g/mol. The van der Waals surface area contributed by atoms with Crippen LogP contribution in [0, 0.1) is 5.92 Å². The van der Waals surface area contributed by atoms with Crippen LogP contribution in [0.2, 0.25) is 6.04 Å². The number of hydrogen-bond donors (Lipinski definition) is 0. The van der Waals surface area contributed by atoms with Crippen molar-refractivity contribution >= 4 is 25.6 Å². The first-order valence-electron chi connectivity index (χ1n) is 10.1. The second-order valence-corrected chi connectivity index (χ2v) is 10.7. The summed E-state index contributed by atoms with van der Waals surface area (Å²) in [6, 6.07) is 15.2. The number of allylic oxidation sites excluding steroid dienone is 4. The largest absolute Gasteiger partial charge is 0.395 e. The summed E-state index contributed by atoms with van der Waals surface area (Å²) in [6.07, 6.45) is 2.41. The van der Waals surface area contributed by atoms with E-state index in [0.29, 0.717) is 17.2 Å². The van der Waals surface area contributed by atoms with Crippen LogP contribution in [0.5, 0.6) is 0 Å². The molecule has 0 saturated heterocycles. The van der Waals surface area contributed by atoms with Gasteiger partial charge in [-0.2, -0.15) is 8.78 Å². The monoisotopic (exact) mass is 421 g/mol. The molecule has 5 heteroatoms. The lowest BCUT2D eigenvalue weighted by Gasteiger charge is -2.33. The summed E-state index contributed by atoms with van der Waals surface area (Å²) in [5.74, 6) is -0.0765. The summed E-state index contributed by atoms with van der Waals surface area (Å²) in [4.78, 5) is 0. The van der Waals surface area contributed by atoms with Gasteiger partial charge in [0.15, 0.2) is 0 Å². The van der Waals surface area contributed by atoms with Crippen LogP contribution < -0.4 is 0 Å². The zero-order chi connectivity index (χ0) is 21.6. The van der Waals surface area contributed by atoms with Crippen molar-refractivity contribution in [3.63, 3.8) is 0 Å². The van der Waals surface area contributed by atoms with Crippen molar-refractivity contribution in [2.24, 2.45) is 5.92 Å². The summed E-state index contributed by atoms with van der Waals surface area (Å²) >= 11 is 0. The highest BCUT2D eigenvalue weighted by Crippen LogP contribution is 2.49. The molecule has 2 nitrogen and oxygen atoms in total. The zero-order valence-corrected chi connectivity index (χ0v) is 18.7. The minimum Gasteiger partial charge on any atom is -0.375 e. The molecule has 0 aliphatic heterocycles. The summed E-state index contributed by atoms with van der Waals surface area (Å²) < 4.78 is 43.4. The van der Waals surface area contributed by atoms with Gasteiger partial charge in [-0.25, -0.2) is 0 Å². The van der Waals surface area contributed by atoms with E-state index < -0.39 is 14.9 Å². The Morgan fingerprint density at radius 3 is 2.07 bits per heavy atom. The summed E-state index contributed by atoms with van der Waals surface area (Å²) in [5.41, 5.74) is 4.41. The van der Waals surface area contributed by atoms with Crippen LogP contribution in [-0.2, 0) is 4.46 Å². The topological polar surface area (TPSA) is 20.3 Å². The van der Waals surface area contributed by atoms with Crippen molar-refractivity contribution in [2.75, 3.05) is 7.05 Å². The van der Waals surface area contributed by atoms with E-state index in [0.717, 1.165) is 22.3 Å². The van der Waals surface area contributed by atoms with Gasteiger partial charge in [-0.1, -0.05) is 60.7 Å².